The molecular formula is C17H25ClN2O. The second kappa shape index (κ2) is 7.10. The number of nitrogens with zero attached hydrogens (tertiary/aromatic N) is 2. The average molecular weight is 309 g/mol. The van der Waals surface area contributed by atoms with Gasteiger partial charge in [-0.25, -0.2) is 0 Å². The van der Waals surface area contributed by atoms with Crippen LogP contribution in [0.3, 0.4) is 0 Å². The number of halogens is 1. The normalized spacial score (nSPS) is 22.4. The predicted molar refractivity (Wildman–Crippen MR) is 86.6 cm³/mol. The summed E-state index contributed by atoms with van der Waals surface area (Å²) >= 11 is 5.97. The summed E-state index contributed by atoms with van der Waals surface area (Å²) in [5, 5.41) is 11.0. The smallest absolute Gasteiger partial charge is 0.0802 e. The number of aliphatic hydroxyl groups excluding tert-OH is 1. The molecule has 1 aliphatic heterocycles. The Bertz CT molecular complexity index is 456. The van der Waals surface area contributed by atoms with Gasteiger partial charge in [-0.3, -0.25) is 0 Å². The van der Waals surface area contributed by atoms with Crippen molar-refractivity contribution in [3.8, 4) is 0 Å². The van der Waals surface area contributed by atoms with Crippen molar-refractivity contribution in [2.45, 2.75) is 25.4 Å². The molecule has 1 N–H and O–H groups in total. The molecule has 1 atom stereocenters. The molecule has 3 nitrogen and oxygen atoms in total. The lowest BCUT2D eigenvalue weighted by Gasteiger charge is -2.35. The lowest BCUT2D eigenvalue weighted by Crippen LogP contribution is -2.47. The Balaban J connectivity index is 1.39. The fourth-order valence-corrected chi connectivity index (χ4v) is 3.25. The Labute approximate surface area is 132 Å². The van der Waals surface area contributed by atoms with Crippen LogP contribution in [0.25, 0.3) is 0 Å². The van der Waals surface area contributed by atoms with Crippen molar-refractivity contribution in [3.63, 3.8) is 0 Å². The SMILES string of the molecule is OC(CCN1CCN(CC2CC2)CC1)c1cccc(Cl)c1. The molecule has 116 valence electrons. The maximum absolute atomic E-state index is 10.3. The van der Waals surface area contributed by atoms with Crippen LogP contribution in [-0.4, -0.2) is 54.2 Å². The van der Waals surface area contributed by atoms with Crippen LogP contribution in [0, 0.1) is 5.92 Å². The average Bonchev–Trinajstić information content (AvgIpc) is 3.30. The Kier molecular flexibility index (Phi) is 5.17. The molecule has 4 heteroatoms. The molecule has 21 heavy (non-hydrogen) atoms. The van der Waals surface area contributed by atoms with E-state index in [9.17, 15) is 5.11 Å². The van der Waals surface area contributed by atoms with Gasteiger partial charge >= 0.3 is 0 Å². The number of rotatable bonds is 6. The van der Waals surface area contributed by atoms with Crippen LogP contribution in [0.5, 0.6) is 0 Å². The van der Waals surface area contributed by atoms with Crippen LogP contribution >= 0.6 is 11.6 Å². The summed E-state index contributed by atoms with van der Waals surface area (Å²) in [6.07, 6.45) is 3.24. The molecule has 1 unspecified atom stereocenters. The predicted octanol–water partition coefficient (Wildman–Crippen LogP) is 2.79. The van der Waals surface area contributed by atoms with E-state index in [1.807, 2.05) is 24.3 Å². The number of hydrogen-bond acceptors (Lipinski definition) is 3. The van der Waals surface area contributed by atoms with Crippen LogP contribution < -0.4 is 0 Å². The molecule has 1 aromatic carbocycles. The highest BCUT2D eigenvalue weighted by molar-refractivity contribution is 6.30. The van der Waals surface area contributed by atoms with Gasteiger partial charge in [-0.1, -0.05) is 23.7 Å². The van der Waals surface area contributed by atoms with E-state index in [1.165, 1.54) is 32.5 Å². The molecule has 1 saturated heterocycles. The molecule has 0 amide bonds. The Morgan fingerprint density at radius 2 is 1.86 bits per heavy atom. The van der Waals surface area contributed by atoms with Gasteiger partial charge in [0.2, 0.25) is 0 Å². The first kappa shape index (κ1) is 15.3. The van der Waals surface area contributed by atoms with Gasteiger partial charge in [-0.2, -0.15) is 0 Å². The van der Waals surface area contributed by atoms with Crippen molar-refractivity contribution >= 4 is 11.6 Å². The zero-order valence-electron chi connectivity index (χ0n) is 12.5. The van der Waals surface area contributed by atoms with Crippen molar-refractivity contribution < 1.29 is 5.11 Å². The van der Waals surface area contributed by atoms with Crippen LogP contribution in [0.15, 0.2) is 24.3 Å². The van der Waals surface area contributed by atoms with Gasteiger partial charge in [-0.15, -0.1) is 0 Å². The Morgan fingerprint density at radius 3 is 2.52 bits per heavy atom. The van der Waals surface area contributed by atoms with E-state index in [1.54, 1.807) is 0 Å². The summed E-state index contributed by atoms with van der Waals surface area (Å²) in [5.41, 5.74) is 0.926. The van der Waals surface area contributed by atoms with E-state index in [-0.39, 0.29) is 0 Å². The highest BCUT2D eigenvalue weighted by atomic mass is 35.5. The van der Waals surface area contributed by atoms with E-state index in [0.717, 1.165) is 37.5 Å². The van der Waals surface area contributed by atoms with Gasteiger partial charge in [0.15, 0.2) is 0 Å². The number of piperazine rings is 1. The van der Waals surface area contributed by atoms with Crippen molar-refractivity contribution in [1.82, 2.24) is 9.80 Å². The second-order valence-corrected chi connectivity index (χ2v) is 6.88. The third-order valence-corrected chi connectivity index (χ3v) is 4.87. The molecular weight excluding hydrogens is 284 g/mol. The minimum absolute atomic E-state index is 0.409. The lowest BCUT2D eigenvalue weighted by molar-refractivity contribution is 0.100. The van der Waals surface area contributed by atoms with Gasteiger partial charge in [0.1, 0.15) is 0 Å². The van der Waals surface area contributed by atoms with Gasteiger partial charge in [0.25, 0.3) is 0 Å². The fraction of sp³-hybridized carbons (Fsp3) is 0.647. The van der Waals surface area contributed by atoms with Gasteiger partial charge in [0.05, 0.1) is 6.10 Å². The Morgan fingerprint density at radius 1 is 1.14 bits per heavy atom. The van der Waals surface area contributed by atoms with E-state index in [2.05, 4.69) is 9.80 Å². The topological polar surface area (TPSA) is 26.7 Å². The summed E-state index contributed by atoms with van der Waals surface area (Å²) in [6, 6.07) is 7.55. The molecule has 2 aliphatic rings. The highest BCUT2D eigenvalue weighted by Crippen LogP contribution is 2.30. The van der Waals surface area contributed by atoms with Crippen LogP contribution in [0.2, 0.25) is 5.02 Å². The van der Waals surface area contributed by atoms with Gasteiger partial charge in [-0.05, 0) is 42.9 Å². The van der Waals surface area contributed by atoms with E-state index in [4.69, 9.17) is 11.6 Å². The van der Waals surface area contributed by atoms with Gasteiger partial charge in [0, 0.05) is 44.3 Å². The maximum atomic E-state index is 10.3. The highest BCUT2D eigenvalue weighted by Gasteiger charge is 2.26. The van der Waals surface area contributed by atoms with Crippen LogP contribution in [0.4, 0.5) is 0 Å². The first-order valence-electron chi connectivity index (χ1n) is 8.09. The fourth-order valence-electron chi connectivity index (χ4n) is 3.05. The summed E-state index contributed by atoms with van der Waals surface area (Å²) in [6.45, 7) is 6.90. The van der Waals surface area contributed by atoms with Crippen molar-refractivity contribution in [2.75, 3.05) is 39.3 Å². The van der Waals surface area contributed by atoms with Crippen LogP contribution in [0.1, 0.15) is 30.9 Å². The quantitative estimate of drug-likeness (QED) is 0.875. The molecule has 1 aromatic rings. The standard InChI is InChI=1S/C17H25ClN2O/c18-16-3-1-2-15(12-16)17(21)6-7-19-8-10-20(11-9-19)13-14-4-5-14/h1-3,12,14,17,21H,4-11,13H2. The summed E-state index contributed by atoms with van der Waals surface area (Å²) in [4.78, 5) is 5.07. The third-order valence-electron chi connectivity index (χ3n) is 4.63. The monoisotopic (exact) mass is 308 g/mol. The van der Waals surface area contributed by atoms with Crippen molar-refractivity contribution in [2.24, 2.45) is 5.92 Å². The number of hydrogen-bond donors (Lipinski definition) is 1. The molecule has 0 aromatic heterocycles. The Hall–Kier alpha value is -0.610. The molecule has 0 radical (unpaired) electrons. The summed E-state index contributed by atoms with van der Waals surface area (Å²) in [5.74, 6) is 0.987. The van der Waals surface area contributed by atoms with Crippen molar-refractivity contribution in [3.05, 3.63) is 34.9 Å². The van der Waals surface area contributed by atoms with E-state index < -0.39 is 6.10 Å². The molecule has 0 bridgehead atoms. The minimum Gasteiger partial charge on any atom is -0.388 e. The van der Waals surface area contributed by atoms with E-state index >= 15 is 0 Å². The molecule has 2 fully saturated rings. The maximum Gasteiger partial charge on any atom is 0.0802 e. The second-order valence-electron chi connectivity index (χ2n) is 6.45. The van der Waals surface area contributed by atoms with Gasteiger partial charge < -0.3 is 14.9 Å². The zero-order chi connectivity index (χ0) is 14.7. The summed E-state index contributed by atoms with van der Waals surface area (Å²) in [7, 11) is 0. The number of benzene rings is 1. The zero-order valence-corrected chi connectivity index (χ0v) is 13.3. The van der Waals surface area contributed by atoms with E-state index in [0.29, 0.717) is 5.02 Å². The lowest BCUT2D eigenvalue weighted by atomic mass is 10.1. The third kappa shape index (κ3) is 4.68. The molecule has 1 aliphatic carbocycles. The number of aliphatic hydroxyl groups is 1. The first-order valence-corrected chi connectivity index (χ1v) is 8.47. The first-order chi connectivity index (χ1) is 10.2. The molecule has 0 spiro atoms. The molecule has 3 rings (SSSR count). The minimum atomic E-state index is -0.409. The molecule has 1 heterocycles. The van der Waals surface area contributed by atoms with Crippen LogP contribution in [-0.2, 0) is 0 Å². The van der Waals surface area contributed by atoms with Crippen molar-refractivity contribution in [1.29, 1.82) is 0 Å². The largest absolute Gasteiger partial charge is 0.388 e. The molecule has 1 saturated carbocycles. The summed E-state index contributed by atoms with van der Waals surface area (Å²) < 4.78 is 0.